The number of amides is 1. The molecule has 18 heavy (non-hydrogen) atoms. The van der Waals surface area contributed by atoms with Crippen LogP contribution in [0.1, 0.15) is 61.4 Å². The highest BCUT2D eigenvalue weighted by Gasteiger charge is 2.17. The molecule has 0 aliphatic heterocycles. The summed E-state index contributed by atoms with van der Waals surface area (Å²) in [5, 5.41) is 2.92. The molecule has 5 nitrogen and oxygen atoms in total. The van der Waals surface area contributed by atoms with Crippen LogP contribution in [0, 0.1) is 5.92 Å². The highest BCUT2D eigenvalue weighted by atomic mass is 16.3. The lowest BCUT2D eigenvalue weighted by Gasteiger charge is -2.21. The summed E-state index contributed by atoms with van der Waals surface area (Å²) in [5.74, 6) is 0.844. The van der Waals surface area contributed by atoms with Gasteiger partial charge in [-0.1, -0.05) is 19.3 Å². The Morgan fingerprint density at radius 2 is 2.28 bits per heavy atom. The van der Waals surface area contributed by atoms with Crippen LogP contribution in [0.2, 0.25) is 0 Å². The van der Waals surface area contributed by atoms with E-state index in [9.17, 15) is 4.79 Å². The molecule has 1 aliphatic rings. The molecule has 1 saturated carbocycles. The molecular formula is C13H21N3O2. The third-order valence-electron chi connectivity index (χ3n) is 3.42. The molecule has 1 amide bonds. The first-order valence-corrected chi connectivity index (χ1v) is 6.66. The molecule has 3 N–H and O–H groups in total. The third kappa shape index (κ3) is 3.32. The number of nitrogens with zero attached hydrogens (tertiary/aromatic N) is 1. The number of rotatable bonds is 4. The predicted molar refractivity (Wildman–Crippen MR) is 68.0 cm³/mol. The second-order valence-electron chi connectivity index (χ2n) is 5.07. The van der Waals surface area contributed by atoms with Crippen LogP contribution < -0.4 is 11.1 Å². The van der Waals surface area contributed by atoms with Crippen molar-refractivity contribution < 1.29 is 9.21 Å². The van der Waals surface area contributed by atoms with Gasteiger partial charge >= 0.3 is 0 Å². The molecule has 1 aromatic rings. The van der Waals surface area contributed by atoms with Crippen molar-refractivity contribution in [3.8, 4) is 0 Å². The topological polar surface area (TPSA) is 81.1 Å². The van der Waals surface area contributed by atoms with Crippen LogP contribution in [0.25, 0.3) is 0 Å². The summed E-state index contributed by atoms with van der Waals surface area (Å²) in [6, 6.07) is -0.287. The van der Waals surface area contributed by atoms with Crippen molar-refractivity contribution in [3.63, 3.8) is 0 Å². The van der Waals surface area contributed by atoms with E-state index >= 15 is 0 Å². The Labute approximate surface area is 107 Å². The van der Waals surface area contributed by atoms with Gasteiger partial charge in [0.05, 0.1) is 6.04 Å². The Bertz CT molecular complexity index is 395. The average molecular weight is 251 g/mol. The zero-order chi connectivity index (χ0) is 13.0. The van der Waals surface area contributed by atoms with Crippen molar-refractivity contribution in [2.24, 2.45) is 11.7 Å². The van der Waals surface area contributed by atoms with Crippen molar-refractivity contribution in [1.82, 2.24) is 10.3 Å². The first-order chi connectivity index (χ1) is 8.66. The molecule has 100 valence electrons. The molecule has 1 atom stereocenters. The zero-order valence-corrected chi connectivity index (χ0v) is 10.8. The Morgan fingerprint density at radius 3 is 2.89 bits per heavy atom. The average Bonchev–Trinajstić information content (AvgIpc) is 2.87. The van der Waals surface area contributed by atoms with Gasteiger partial charge in [0.2, 0.25) is 5.89 Å². The summed E-state index contributed by atoms with van der Waals surface area (Å²) in [6.07, 6.45) is 7.67. The summed E-state index contributed by atoms with van der Waals surface area (Å²) in [4.78, 5) is 15.9. The Kier molecular flexibility index (Phi) is 4.36. The van der Waals surface area contributed by atoms with Gasteiger partial charge in [-0.2, -0.15) is 0 Å². The molecular weight excluding hydrogens is 230 g/mol. The lowest BCUT2D eigenvalue weighted by atomic mass is 9.89. The predicted octanol–water partition coefficient (Wildman–Crippen LogP) is 2.00. The van der Waals surface area contributed by atoms with Gasteiger partial charge < -0.3 is 15.5 Å². The molecule has 0 aromatic carbocycles. The summed E-state index contributed by atoms with van der Waals surface area (Å²) in [5.41, 5.74) is 5.95. The largest absolute Gasteiger partial charge is 0.446 e. The molecule has 0 bridgehead atoms. The van der Waals surface area contributed by atoms with E-state index in [1.54, 1.807) is 6.92 Å². The van der Waals surface area contributed by atoms with Gasteiger partial charge in [0.25, 0.3) is 5.91 Å². The number of hydrogen-bond acceptors (Lipinski definition) is 4. The highest BCUT2D eigenvalue weighted by Crippen LogP contribution is 2.22. The van der Waals surface area contributed by atoms with E-state index in [4.69, 9.17) is 10.2 Å². The lowest BCUT2D eigenvalue weighted by molar-refractivity contribution is 0.0938. The van der Waals surface area contributed by atoms with Crippen LogP contribution >= 0.6 is 0 Å². The van der Waals surface area contributed by atoms with Crippen molar-refractivity contribution in [2.45, 2.75) is 45.1 Å². The number of oxazole rings is 1. The molecule has 0 spiro atoms. The summed E-state index contributed by atoms with van der Waals surface area (Å²) < 4.78 is 5.14. The van der Waals surface area contributed by atoms with Crippen molar-refractivity contribution >= 4 is 5.91 Å². The molecule has 2 rings (SSSR count). The molecule has 1 fully saturated rings. The molecule has 1 heterocycles. The summed E-state index contributed by atoms with van der Waals surface area (Å²) in [7, 11) is 0. The fourth-order valence-electron chi connectivity index (χ4n) is 2.32. The van der Waals surface area contributed by atoms with Gasteiger partial charge in [0.15, 0.2) is 5.69 Å². The van der Waals surface area contributed by atoms with Gasteiger partial charge in [0.1, 0.15) is 6.26 Å². The number of nitrogens with one attached hydrogen (secondary N) is 1. The molecule has 5 heteroatoms. The lowest BCUT2D eigenvalue weighted by Crippen LogP contribution is -2.30. The van der Waals surface area contributed by atoms with Gasteiger partial charge in [0, 0.05) is 6.54 Å². The maximum atomic E-state index is 11.8. The minimum Gasteiger partial charge on any atom is -0.446 e. The zero-order valence-electron chi connectivity index (χ0n) is 10.8. The second kappa shape index (κ2) is 6.00. The van der Waals surface area contributed by atoms with E-state index in [1.165, 1.54) is 38.4 Å². The highest BCUT2D eigenvalue weighted by molar-refractivity contribution is 5.91. The number of nitrogens with two attached hydrogens (primary N) is 1. The van der Waals surface area contributed by atoms with E-state index in [1.807, 2.05) is 0 Å². The van der Waals surface area contributed by atoms with E-state index in [0.717, 1.165) is 6.54 Å². The molecule has 1 unspecified atom stereocenters. The number of hydrogen-bond donors (Lipinski definition) is 2. The van der Waals surface area contributed by atoms with E-state index < -0.39 is 0 Å². The summed E-state index contributed by atoms with van der Waals surface area (Å²) in [6.45, 7) is 2.51. The van der Waals surface area contributed by atoms with Crippen LogP contribution in [0.3, 0.4) is 0 Å². The van der Waals surface area contributed by atoms with E-state index in [-0.39, 0.29) is 11.9 Å². The van der Waals surface area contributed by atoms with Gasteiger partial charge in [-0.05, 0) is 25.7 Å². The standard InChI is InChI=1S/C13H21N3O2/c1-9(14)13-16-11(8-18-13)12(17)15-7-10-5-3-2-4-6-10/h8-10H,2-7,14H2,1H3,(H,15,17). The Morgan fingerprint density at radius 1 is 1.56 bits per heavy atom. The van der Waals surface area contributed by atoms with Crippen LogP contribution in [0.5, 0.6) is 0 Å². The summed E-state index contributed by atoms with van der Waals surface area (Å²) >= 11 is 0. The van der Waals surface area contributed by atoms with E-state index in [2.05, 4.69) is 10.3 Å². The Balaban J connectivity index is 1.83. The third-order valence-corrected chi connectivity index (χ3v) is 3.42. The molecule has 0 radical (unpaired) electrons. The first-order valence-electron chi connectivity index (χ1n) is 6.66. The van der Waals surface area contributed by atoms with Crippen LogP contribution in [0.15, 0.2) is 10.7 Å². The fourth-order valence-corrected chi connectivity index (χ4v) is 2.32. The number of carbonyl (C=O) groups is 1. The van der Waals surface area contributed by atoms with Crippen LogP contribution in [-0.2, 0) is 0 Å². The smallest absolute Gasteiger partial charge is 0.273 e. The number of carbonyl (C=O) groups excluding carboxylic acids is 1. The quantitative estimate of drug-likeness (QED) is 0.857. The molecule has 0 saturated heterocycles. The monoisotopic (exact) mass is 251 g/mol. The fraction of sp³-hybridized carbons (Fsp3) is 0.692. The van der Waals surface area contributed by atoms with Crippen LogP contribution in [-0.4, -0.2) is 17.4 Å². The van der Waals surface area contributed by atoms with Gasteiger partial charge in [-0.15, -0.1) is 0 Å². The first kappa shape index (κ1) is 13.1. The molecule has 1 aliphatic carbocycles. The maximum absolute atomic E-state index is 11.8. The normalized spacial score (nSPS) is 18.6. The van der Waals surface area contributed by atoms with E-state index in [0.29, 0.717) is 17.5 Å². The molecule has 1 aromatic heterocycles. The van der Waals surface area contributed by atoms with Gasteiger partial charge in [-0.25, -0.2) is 4.98 Å². The number of aromatic nitrogens is 1. The van der Waals surface area contributed by atoms with Crippen LogP contribution in [0.4, 0.5) is 0 Å². The van der Waals surface area contributed by atoms with Crippen molar-refractivity contribution in [1.29, 1.82) is 0 Å². The Hall–Kier alpha value is -1.36. The van der Waals surface area contributed by atoms with Crippen molar-refractivity contribution in [3.05, 3.63) is 17.8 Å². The van der Waals surface area contributed by atoms with Gasteiger partial charge in [-0.3, -0.25) is 4.79 Å². The second-order valence-corrected chi connectivity index (χ2v) is 5.07. The minimum absolute atomic E-state index is 0.170. The SMILES string of the molecule is CC(N)c1nc(C(=O)NCC2CCCCC2)co1. The minimum atomic E-state index is -0.287. The maximum Gasteiger partial charge on any atom is 0.273 e. The van der Waals surface area contributed by atoms with Crippen molar-refractivity contribution in [2.75, 3.05) is 6.54 Å².